The molecule has 0 fully saturated rings. The molecule has 0 aliphatic rings. The fourth-order valence-corrected chi connectivity index (χ4v) is 4.70. The van der Waals surface area contributed by atoms with Gasteiger partial charge in [-0.1, -0.05) is 108 Å². The highest BCUT2D eigenvalue weighted by molar-refractivity contribution is 5.94. The molecule has 0 aliphatic carbocycles. The number of benzene rings is 6. The molecule has 0 bridgehead atoms. The van der Waals surface area contributed by atoms with Gasteiger partial charge in [0, 0.05) is 0 Å². The van der Waals surface area contributed by atoms with Gasteiger partial charge in [0.1, 0.15) is 0 Å². The minimum absolute atomic E-state index is 1.25. The lowest BCUT2D eigenvalue weighted by molar-refractivity contribution is 1.47. The van der Waals surface area contributed by atoms with Gasteiger partial charge in [0.2, 0.25) is 0 Å². The lowest BCUT2D eigenvalue weighted by atomic mass is 9.95. The SMILES string of the molecule is Cc1ccc(-c2ccc3ccc(-c4ccc5ccc(-c6ccc(C)cc6)cc5c4)cc3c2)cc1. The zero-order chi connectivity index (χ0) is 23.1. The Morgan fingerprint density at radius 2 is 0.529 bits per heavy atom. The summed E-state index contributed by atoms with van der Waals surface area (Å²) in [5, 5.41) is 5.07. The molecule has 0 amide bonds. The molecule has 0 unspecified atom stereocenters. The van der Waals surface area contributed by atoms with E-state index in [1.54, 1.807) is 0 Å². The van der Waals surface area contributed by atoms with E-state index in [1.807, 2.05) is 0 Å². The maximum Gasteiger partial charge on any atom is -0.0172 e. The minimum atomic E-state index is 1.25. The molecule has 0 heterocycles. The summed E-state index contributed by atoms with van der Waals surface area (Å²) in [6, 6.07) is 44.6. The molecule has 0 aliphatic heterocycles. The molecule has 0 saturated heterocycles. The molecule has 0 spiro atoms. The highest BCUT2D eigenvalue weighted by atomic mass is 14.1. The average Bonchev–Trinajstić information content (AvgIpc) is 2.88. The average molecular weight is 435 g/mol. The van der Waals surface area contributed by atoms with Gasteiger partial charge in [-0.15, -0.1) is 0 Å². The van der Waals surface area contributed by atoms with Crippen LogP contribution in [-0.4, -0.2) is 0 Å². The molecule has 0 radical (unpaired) electrons. The minimum Gasteiger partial charge on any atom is -0.0587 e. The fourth-order valence-electron chi connectivity index (χ4n) is 4.70. The van der Waals surface area contributed by atoms with Crippen LogP contribution in [0.2, 0.25) is 0 Å². The van der Waals surface area contributed by atoms with Crippen LogP contribution in [0, 0.1) is 13.8 Å². The molecule has 0 heteroatoms. The smallest absolute Gasteiger partial charge is 0.0172 e. The molecule has 162 valence electrons. The van der Waals surface area contributed by atoms with Gasteiger partial charge in [-0.2, -0.15) is 0 Å². The Labute approximate surface area is 201 Å². The first-order valence-corrected chi connectivity index (χ1v) is 11.8. The molecule has 0 nitrogen and oxygen atoms in total. The van der Waals surface area contributed by atoms with Gasteiger partial charge >= 0.3 is 0 Å². The monoisotopic (exact) mass is 434 g/mol. The Hall–Kier alpha value is -4.16. The summed E-state index contributed by atoms with van der Waals surface area (Å²) in [4.78, 5) is 0. The van der Waals surface area contributed by atoms with Crippen molar-refractivity contribution in [2.75, 3.05) is 0 Å². The first-order chi connectivity index (χ1) is 16.6. The fraction of sp³-hybridized carbons (Fsp3) is 0.0588. The van der Waals surface area contributed by atoms with E-state index in [-0.39, 0.29) is 0 Å². The van der Waals surface area contributed by atoms with Gasteiger partial charge < -0.3 is 0 Å². The van der Waals surface area contributed by atoms with Crippen molar-refractivity contribution in [3.8, 4) is 33.4 Å². The molecular weight excluding hydrogens is 408 g/mol. The molecule has 6 rings (SSSR count). The lowest BCUT2D eigenvalue weighted by Crippen LogP contribution is -1.84. The van der Waals surface area contributed by atoms with Crippen LogP contribution in [0.5, 0.6) is 0 Å². The predicted octanol–water partition coefficient (Wildman–Crippen LogP) is 9.61. The van der Waals surface area contributed by atoms with Crippen molar-refractivity contribution < 1.29 is 0 Å². The third kappa shape index (κ3) is 3.89. The van der Waals surface area contributed by atoms with E-state index in [4.69, 9.17) is 0 Å². The Bertz CT molecular complexity index is 1510. The highest BCUT2D eigenvalue weighted by Gasteiger charge is 2.06. The number of hydrogen-bond acceptors (Lipinski definition) is 0. The van der Waals surface area contributed by atoms with Crippen molar-refractivity contribution in [3.05, 3.63) is 132 Å². The van der Waals surface area contributed by atoms with Crippen LogP contribution in [0.1, 0.15) is 11.1 Å². The van der Waals surface area contributed by atoms with Crippen LogP contribution in [0.25, 0.3) is 54.9 Å². The van der Waals surface area contributed by atoms with Crippen LogP contribution in [0.3, 0.4) is 0 Å². The van der Waals surface area contributed by atoms with Crippen molar-refractivity contribution in [1.29, 1.82) is 0 Å². The Morgan fingerprint density at radius 1 is 0.265 bits per heavy atom. The van der Waals surface area contributed by atoms with Crippen molar-refractivity contribution in [2.45, 2.75) is 13.8 Å². The summed E-state index contributed by atoms with van der Waals surface area (Å²) < 4.78 is 0. The second-order valence-corrected chi connectivity index (χ2v) is 9.29. The molecule has 0 saturated carbocycles. The molecular formula is C34H26. The van der Waals surface area contributed by atoms with Gasteiger partial charge in [-0.25, -0.2) is 0 Å². The standard InChI is InChI=1S/C34H26/c1-23-3-7-25(8-4-23)29-15-11-27-13-17-31(21-33(27)19-29)32-18-14-28-12-16-30(20-34(28)22-32)26-9-5-24(2)6-10-26/h3-22H,1-2H3. The van der Waals surface area contributed by atoms with Gasteiger partial charge in [-0.3, -0.25) is 0 Å². The first kappa shape index (κ1) is 20.4. The van der Waals surface area contributed by atoms with E-state index in [9.17, 15) is 0 Å². The van der Waals surface area contributed by atoms with E-state index >= 15 is 0 Å². The van der Waals surface area contributed by atoms with Crippen molar-refractivity contribution in [3.63, 3.8) is 0 Å². The summed E-state index contributed by atoms with van der Waals surface area (Å²) >= 11 is 0. The van der Waals surface area contributed by atoms with E-state index in [0.29, 0.717) is 0 Å². The molecule has 0 aromatic heterocycles. The Morgan fingerprint density at radius 3 is 0.853 bits per heavy atom. The molecule has 0 N–H and O–H groups in total. The highest BCUT2D eigenvalue weighted by Crippen LogP contribution is 2.32. The van der Waals surface area contributed by atoms with E-state index in [2.05, 4.69) is 135 Å². The third-order valence-electron chi connectivity index (χ3n) is 6.78. The second-order valence-electron chi connectivity index (χ2n) is 9.29. The normalized spacial score (nSPS) is 11.2. The van der Waals surface area contributed by atoms with E-state index in [0.717, 1.165) is 0 Å². The van der Waals surface area contributed by atoms with Crippen molar-refractivity contribution >= 4 is 21.5 Å². The summed E-state index contributed by atoms with van der Waals surface area (Å²) in [6.07, 6.45) is 0. The summed E-state index contributed by atoms with van der Waals surface area (Å²) in [6.45, 7) is 4.26. The first-order valence-electron chi connectivity index (χ1n) is 11.8. The quantitative estimate of drug-likeness (QED) is 0.260. The molecule has 6 aromatic carbocycles. The molecule has 0 atom stereocenters. The van der Waals surface area contributed by atoms with E-state index < -0.39 is 0 Å². The predicted molar refractivity (Wildman–Crippen MR) is 147 cm³/mol. The number of fused-ring (bicyclic) bond motifs is 2. The van der Waals surface area contributed by atoms with Crippen LogP contribution >= 0.6 is 0 Å². The number of aryl methyl sites for hydroxylation is 2. The second kappa shape index (κ2) is 8.32. The lowest BCUT2D eigenvalue weighted by Gasteiger charge is -2.09. The molecule has 6 aromatic rings. The summed E-state index contributed by atoms with van der Waals surface area (Å²) in [5.41, 5.74) is 10.1. The van der Waals surface area contributed by atoms with Crippen molar-refractivity contribution in [2.24, 2.45) is 0 Å². The van der Waals surface area contributed by atoms with Crippen LogP contribution in [0.15, 0.2) is 121 Å². The van der Waals surface area contributed by atoms with Crippen molar-refractivity contribution in [1.82, 2.24) is 0 Å². The summed E-state index contributed by atoms with van der Waals surface area (Å²) in [7, 11) is 0. The number of rotatable bonds is 3. The number of hydrogen-bond donors (Lipinski definition) is 0. The molecule has 34 heavy (non-hydrogen) atoms. The topological polar surface area (TPSA) is 0 Å². The maximum atomic E-state index is 2.32. The van der Waals surface area contributed by atoms with Gasteiger partial charge in [0.15, 0.2) is 0 Å². The maximum absolute atomic E-state index is 2.32. The van der Waals surface area contributed by atoms with Gasteiger partial charge in [-0.05, 0) is 93.0 Å². The van der Waals surface area contributed by atoms with Crippen LogP contribution < -0.4 is 0 Å². The zero-order valence-electron chi connectivity index (χ0n) is 19.5. The third-order valence-corrected chi connectivity index (χ3v) is 6.78. The van der Waals surface area contributed by atoms with Crippen LogP contribution in [-0.2, 0) is 0 Å². The van der Waals surface area contributed by atoms with Gasteiger partial charge in [0.25, 0.3) is 0 Å². The van der Waals surface area contributed by atoms with Gasteiger partial charge in [0.05, 0.1) is 0 Å². The summed E-state index contributed by atoms with van der Waals surface area (Å²) in [5.74, 6) is 0. The Kier molecular flexibility index (Phi) is 5.00. The zero-order valence-corrected chi connectivity index (χ0v) is 19.5. The Balaban J connectivity index is 1.41. The van der Waals surface area contributed by atoms with Crippen LogP contribution in [0.4, 0.5) is 0 Å². The van der Waals surface area contributed by atoms with E-state index in [1.165, 1.54) is 66.1 Å². The largest absolute Gasteiger partial charge is 0.0587 e.